The van der Waals surface area contributed by atoms with Gasteiger partial charge in [0.1, 0.15) is 5.57 Å². The number of nitrogens with zero attached hydrogens (tertiary/aromatic N) is 2. The van der Waals surface area contributed by atoms with Crippen molar-refractivity contribution in [2.24, 2.45) is 0 Å². The Morgan fingerprint density at radius 3 is 1.96 bits per heavy atom. The highest BCUT2D eigenvalue weighted by molar-refractivity contribution is 6.30. The van der Waals surface area contributed by atoms with Gasteiger partial charge in [-0.25, -0.2) is 4.79 Å². The largest absolute Gasteiger partial charge is 0.333 e. The second-order valence-electron chi connectivity index (χ2n) is 6.01. The lowest BCUT2D eigenvalue weighted by Crippen LogP contribution is -2.52. The number of para-hydroxylation sites is 1. The molecule has 5 amide bonds. The van der Waals surface area contributed by atoms with Crippen LogP contribution in [-0.4, -0.2) is 47.6 Å². The van der Waals surface area contributed by atoms with Gasteiger partial charge in [-0.1, -0.05) is 30.3 Å². The van der Waals surface area contributed by atoms with Crippen molar-refractivity contribution in [3.63, 3.8) is 0 Å². The van der Waals surface area contributed by atoms with Crippen LogP contribution >= 0.6 is 0 Å². The zero-order valence-electron chi connectivity index (χ0n) is 14.8. The summed E-state index contributed by atoms with van der Waals surface area (Å²) in [5.41, 5.74) is 1.58. The van der Waals surface area contributed by atoms with Crippen LogP contribution in [-0.2, 0) is 9.59 Å². The van der Waals surface area contributed by atoms with Gasteiger partial charge in [-0.2, -0.15) is 0 Å². The number of carbonyl (C=O) groups excluding carboxylic acids is 4. The molecule has 1 aliphatic heterocycles. The number of anilines is 1. The molecule has 27 heavy (non-hydrogen) atoms. The van der Waals surface area contributed by atoms with Crippen LogP contribution in [0, 0.1) is 0 Å². The van der Waals surface area contributed by atoms with E-state index in [4.69, 9.17) is 0 Å². The lowest BCUT2D eigenvalue weighted by molar-refractivity contribution is -0.134. The summed E-state index contributed by atoms with van der Waals surface area (Å²) in [6, 6.07) is 14.8. The monoisotopic (exact) mass is 363 g/mol. The quantitative estimate of drug-likeness (QED) is 0.670. The van der Waals surface area contributed by atoms with Gasteiger partial charge >= 0.3 is 6.03 Å². The summed E-state index contributed by atoms with van der Waals surface area (Å²) in [4.78, 5) is 50.2. The van der Waals surface area contributed by atoms with Gasteiger partial charge in [-0.3, -0.25) is 24.2 Å². The number of likely N-dealkylation sites (N-methyl/N-ethyl adjacent to an activating group) is 2. The van der Waals surface area contributed by atoms with E-state index in [1.54, 1.807) is 36.4 Å². The Morgan fingerprint density at radius 2 is 1.41 bits per heavy atom. The van der Waals surface area contributed by atoms with Crippen LogP contribution in [0.4, 0.5) is 10.5 Å². The Hall–Kier alpha value is -3.74. The molecule has 1 fully saturated rings. The minimum absolute atomic E-state index is 0.110. The summed E-state index contributed by atoms with van der Waals surface area (Å²) in [5.74, 6) is -1.58. The van der Waals surface area contributed by atoms with Crippen LogP contribution < -0.4 is 5.32 Å². The summed E-state index contributed by atoms with van der Waals surface area (Å²) in [6.45, 7) is 0. The molecule has 0 unspecified atom stereocenters. The van der Waals surface area contributed by atoms with Gasteiger partial charge in [-0.05, 0) is 35.9 Å². The van der Waals surface area contributed by atoms with Crippen molar-refractivity contribution in [1.82, 2.24) is 9.80 Å². The third kappa shape index (κ3) is 3.62. The third-order valence-electron chi connectivity index (χ3n) is 4.16. The van der Waals surface area contributed by atoms with Gasteiger partial charge in [-0.15, -0.1) is 0 Å². The molecule has 2 aromatic rings. The molecule has 3 rings (SSSR count). The van der Waals surface area contributed by atoms with Gasteiger partial charge in [0.25, 0.3) is 17.7 Å². The Kier molecular flexibility index (Phi) is 4.85. The van der Waals surface area contributed by atoms with Crippen LogP contribution in [0.1, 0.15) is 15.9 Å². The van der Waals surface area contributed by atoms with E-state index in [0.717, 1.165) is 9.80 Å². The highest BCUT2D eigenvalue weighted by Gasteiger charge is 2.37. The first kappa shape index (κ1) is 18.1. The molecule has 0 radical (unpaired) electrons. The Labute approximate surface area is 155 Å². The first-order valence-corrected chi connectivity index (χ1v) is 8.16. The van der Waals surface area contributed by atoms with Gasteiger partial charge < -0.3 is 5.32 Å². The van der Waals surface area contributed by atoms with Crippen molar-refractivity contribution in [3.8, 4) is 0 Å². The predicted molar refractivity (Wildman–Crippen MR) is 99.8 cm³/mol. The molecule has 7 heteroatoms. The SMILES string of the molecule is CN1C(=O)C(=Cc2ccc(C(=O)Nc3ccccc3)cc2)C(=O)N(C)C1=O. The summed E-state index contributed by atoms with van der Waals surface area (Å²) < 4.78 is 0. The van der Waals surface area contributed by atoms with Gasteiger partial charge in [0, 0.05) is 25.3 Å². The molecule has 1 heterocycles. The molecule has 136 valence electrons. The minimum atomic E-state index is -0.671. The number of hydrogen-bond acceptors (Lipinski definition) is 4. The first-order chi connectivity index (χ1) is 12.9. The van der Waals surface area contributed by atoms with Gasteiger partial charge in [0.2, 0.25) is 0 Å². The lowest BCUT2D eigenvalue weighted by atomic mass is 10.1. The molecule has 0 spiro atoms. The fourth-order valence-corrected chi connectivity index (χ4v) is 2.60. The van der Waals surface area contributed by atoms with E-state index < -0.39 is 17.8 Å². The van der Waals surface area contributed by atoms with Crippen LogP contribution in [0.15, 0.2) is 60.2 Å². The topological polar surface area (TPSA) is 86.8 Å². The fourth-order valence-electron chi connectivity index (χ4n) is 2.60. The maximum absolute atomic E-state index is 12.3. The highest BCUT2D eigenvalue weighted by Crippen LogP contribution is 2.18. The van der Waals surface area contributed by atoms with Crippen molar-refractivity contribution in [1.29, 1.82) is 0 Å². The summed E-state index contributed by atoms with van der Waals surface area (Å²) in [6.07, 6.45) is 1.41. The molecule has 1 N–H and O–H groups in total. The second-order valence-corrected chi connectivity index (χ2v) is 6.01. The molecule has 0 aliphatic carbocycles. The summed E-state index contributed by atoms with van der Waals surface area (Å²) >= 11 is 0. The maximum Gasteiger partial charge on any atom is 0.333 e. The highest BCUT2D eigenvalue weighted by atomic mass is 16.2. The van der Waals surface area contributed by atoms with E-state index in [-0.39, 0.29) is 11.5 Å². The fraction of sp³-hybridized carbons (Fsp3) is 0.100. The number of nitrogens with one attached hydrogen (secondary N) is 1. The smallest absolute Gasteiger partial charge is 0.322 e. The summed E-state index contributed by atoms with van der Waals surface area (Å²) in [5, 5.41) is 2.78. The Morgan fingerprint density at radius 1 is 0.852 bits per heavy atom. The van der Waals surface area contributed by atoms with Crippen molar-refractivity contribution in [2.75, 3.05) is 19.4 Å². The first-order valence-electron chi connectivity index (χ1n) is 8.16. The van der Waals surface area contributed by atoms with Crippen LogP contribution in [0.3, 0.4) is 0 Å². The third-order valence-corrected chi connectivity index (χ3v) is 4.16. The summed E-state index contributed by atoms with van der Waals surface area (Å²) in [7, 11) is 2.64. The second kappa shape index (κ2) is 7.25. The number of barbiturate groups is 1. The average Bonchev–Trinajstić information content (AvgIpc) is 2.69. The molecule has 2 aromatic carbocycles. The van der Waals surface area contributed by atoms with Crippen molar-refractivity contribution in [3.05, 3.63) is 71.3 Å². The van der Waals surface area contributed by atoms with E-state index in [0.29, 0.717) is 16.8 Å². The number of hydrogen-bond donors (Lipinski definition) is 1. The van der Waals surface area contributed by atoms with E-state index >= 15 is 0 Å². The number of urea groups is 1. The molecular weight excluding hydrogens is 346 g/mol. The van der Waals surface area contributed by atoms with Crippen molar-refractivity contribution >= 4 is 35.5 Å². The number of rotatable bonds is 3. The van der Waals surface area contributed by atoms with Crippen molar-refractivity contribution < 1.29 is 19.2 Å². The number of imide groups is 2. The number of amides is 5. The van der Waals surface area contributed by atoms with Gasteiger partial charge in [0.05, 0.1) is 0 Å². The van der Waals surface area contributed by atoms with E-state index in [9.17, 15) is 19.2 Å². The zero-order chi connectivity index (χ0) is 19.6. The Bertz CT molecular complexity index is 923. The number of benzene rings is 2. The molecule has 0 atom stereocenters. The van der Waals surface area contributed by atoms with Crippen LogP contribution in [0.25, 0.3) is 6.08 Å². The lowest BCUT2D eigenvalue weighted by Gasteiger charge is -2.28. The molecule has 1 saturated heterocycles. The molecule has 0 aromatic heterocycles. The van der Waals surface area contributed by atoms with Gasteiger partial charge in [0.15, 0.2) is 0 Å². The zero-order valence-corrected chi connectivity index (χ0v) is 14.8. The van der Waals surface area contributed by atoms with E-state index in [2.05, 4.69) is 5.32 Å². The van der Waals surface area contributed by atoms with E-state index in [1.165, 1.54) is 20.2 Å². The maximum atomic E-state index is 12.3. The van der Waals surface area contributed by atoms with Crippen molar-refractivity contribution in [2.45, 2.75) is 0 Å². The molecule has 1 aliphatic rings. The molecule has 7 nitrogen and oxygen atoms in total. The normalized spacial score (nSPS) is 14.4. The average molecular weight is 363 g/mol. The van der Waals surface area contributed by atoms with Crippen LogP contribution in [0.2, 0.25) is 0 Å². The molecule has 0 bridgehead atoms. The molecular formula is C20H17N3O4. The van der Waals surface area contributed by atoms with Crippen LogP contribution in [0.5, 0.6) is 0 Å². The predicted octanol–water partition coefficient (Wildman–Crippen LogP) is 2.37. The minimum Gasteiger partial charge on any atom is -0.322 e. The van der Waals surface area contributed by atoms with E-state index in [1.807, 2.05) is 18.2 Å². The standard InChI is InChI=1S/C20H17N3O4/c1-22-18(25)16(19(26)23(2)20(22)27)12-13-8-10-14(11-9-13)17(24)21-15-6-4-3-5-7-15/h3-12H,1-2H3,(H,21,24). The molecule has 0 saturated carbocycles. The Balaban J connectivity index is 1.80. The number of carbonyl (C=O) groups is 4.